The molecule has 5 N–H and O–H groups in total. The van der Waals surface area contributed by atoms with E-state index in [1.165, 1.54) is 12.4 Å². The third-order valence-electron chi connectivity index (χ3n) is 7.84. The molecule has 0 bridgehead atoms. The number of carbonyl (C=O) groups excluding carboxylic acids is 2. The topological polar surface area (TPSA) is 208 Å². The lowest BCUT2D eigenvalue weighted by Crippen LogP contribution is -2.44. The van der Waals surface area contributed by atoms with Gasteiger partial charge in [0.05, 0.1) is 34.1 Å². The van der Waals surface area contributed by atoms with Gasteiger partial charge in [-0.1, -0.05) is 6.07 Å². The van der Waals surface area contributed by atoms with Gasteiger partial charge in [-0.05, 0) is 37.0 Å². The average molecular weight is 584 g/mol. The Kier molecular flexibility index (Phi) is 6.96. The molecule has 2 saturated carbocycles. The molecule has 2 aliphatic rings. The number of hydrogen-bond acceptors (Lipinski definition) is 8. The number of aliphatic carboxylic acids is 1. The lowest BCUT2D eigenvalue weighted by molar-refractivity contribution is -0.159. The monoisotopic (exact) mass is 583 g/mol. The van der Waals surface area contributed by atoms with Crippen LogP contribution in [0.25, 0.3) is 11.1 Å². The van der Waals surface area contributed by atoms with E-state index in [4.69, 9.17) is 16.2 Å². The van der Waals surface area contributed by atoms with Gasteiger partial charge in [0.2, 0.25) is 11.8 Å². The molecular formula is C24H24F3N5O7S. The van der Waals surface area contributed by atoms with Crippen molar-refractivity contribution >= 4 is 27.6 Å². The van der Waals surface area contributed by atoms with Crippen LogP contribution in [0.1, 0.15) is 24.8 Å². The minimum Gasteiger partial charge on any atom is -0.481 e. The van der Waals surface area contributed by atoms with Crippen molar-refractivity contribution in [3.63, 3.8) is 0 Å². The highest BCUT2D eigenvalue weighted by atomic mass is 32.2. The summed E-state index contributed by atoms with van der Waals surface area (Å²) in [6.07, 6.45) is -5.42. The number of rotatable bonds is 9. The maximum atomic E-state index is 14.2. The zero-order valence-electron chi connectivity index (χ0n) is 20.9. The third-order valence-corrected chi connectivity index (χ3v) is 10.0. The highest BCUT2D eigenvalue weighted by molar-refractivity contribution is 7.92. The van der Waals surface area contributed by atoms with Crippen LogP contribution >= 0.6 is 0 Å². The van der Waals surface area contributed by atoms with Gasteiger partial charge in [0.25, 0.3) is 0 Å². The smallest absolute Gasteiger partial charge is 0.417 e. The Hall–Kier alpha value is -3.97. The molecule has 0 aliphatic heterocycles. The number of primary amides is 2. The van der Waals surface area contributed by atoms with E-state index in [9.17, 15) is 46.3 Å². The molecule has 16 heteroatoms. The van der Waals surface area contributed by atoms with Crippen LogP contribution < -0.4 is 11.5 Å². The molecule has 4 rings (SSSR count). The Morgan fingerprint density at radius 2 is 1.93 bits per heavy atom. The maximum Gasteiger partial charge on any atom is 0.417 e. The molecule has 1 aromatic carbocycles. The summed E-state index contributed by atoms with van der Waals surface area (Å²) in [5.41, 5.74) is 5.18. The predicted octanol–water partition coefficient (Wildman–Crippen LogP) is 1.09. The normalized spacial score (nSPS) is 28.1. The first kappa shape index (κ1) is 29.0. The SMILES string of the molecule is CO[C@@H]1C[C@H](S(=O)(=O)c2ccc(-c3cnn(CC(N)=O)c3)cc2C(F)(F)F)C[C@@]1(C(=O)O)C1CC1(C#N)C(N)=O. The third kappa shape index (κ3) is 4.48. The van der Waals surface area contributed by atoms with Crippen molar-refractivity contribution < 1.29 is 45.8 Å². The van der Waals surface area contributed by atoms with Crippen molar-refractivity contribution in [2.45, 2.75) is 48.2 Å². The summed E-state index contributed by atoms with van der Waals surface area (Å²) in [6.45, 7) is -0.323. The molecule has 2 fully saturated rings. The van der Waals surface area contributed by atoms with Crippen LogP contribution in [0.2, 0.25) is 0 Å². The van der Waals surface area contributed by atoms with Gasteiger partial charge in [0.15, 0.2) is 9.84 Å². The number of methoxy groups -OCH3 is 1. The molecule has 2 aromatic rings. The second-order valence-electron chi connectivity index (χ2n) is 9.98. The minimum absolute atomic E-state index is 0.0405. The van der Waals surface area contributed by atoms with Gasteiger partial charge in [0, 0.05) is 24.8 Å². The van der Waals surface area contributed by atoms with Crippen LogP contribution in [0, 0.1) is 28.1 Å². The van der Waals surface area contributed by atoms with Crippen LogP contribution in [0.15, 0.2) is 35.5 Å². The largest absolute Gasteiger partial charge is 0.481 e. The number of aromatic nitrogens is 2. The van der Waals surface area contributed by atoms with Crippen LogP contribution in [0.3, 0.4) is 0 Å². The molecule has 1 aromatic heterocycles. The summed E-state index contributed by atoms with van der Waals surface area (Å²) < 4.78 is 76.3. The van der Waals surface area contributed by atoms with E-state index < -0.39 is 85.2 Å². The molecule has 2 unspecified atom stereocenters. The standard InChI is InChI=1S/C24H24F3N5O7S/c1-39-18-5-14(6-23(18,21(35)36)17-7-22(17,11-28)20(30)34)40(37,38)16-3-2-12(4-15(16)24(25,26)27)13-8-31-32(9-13)10-19(29)33/h2-4,8-9,14,17-18H,5-7,10H2,1H3,(H2,29,33)(H2,30,34)(H,35,36)/t14-,17?,18+,22?,23+/m0/s1. The maximum absolute atomic E-state index is 14.2. The summed E-state index contributed by atoms with van der Waals surface area (Å²) in [7, 11) is -3.71. The molecule has 40 heavy (non-hydrogen) atoms. The molecule has 12 nitrogen and oxygen atoms in total. The molecular weight excluding hydrogens is 559 g/mol. The van der Waals surface area contributed by atoms with Gasteiger partial charge in [-0.15, -0.1) is 0 Å². The van der Waals surface area contributed by atoms with Crippen molar-refractivity contribution in [2.24, 2.45) is 28.2 Å². The average Bonchev–Trinajstić information content (AvgIpc) is 3.23. The Labute approximate surface area is 225 Å². The van der Waals surface area contributed by atoms with Gasteiger partial charge >= 0.3 is 12.1 Å². The molecule has 2 amide bonds. The summed E-state index contributed by atoms with van der Waals surface area (Å²) in [6, 6.07) is 4.27. The van der Waals surface area contributed by atoms with E-state index in [0.29, 0.717) is 6.07 Å². The lowest BCUT2D eigenvalue weighted by Gasteiger charge is -2.31. The number of carboxylic acids is 1. The lowest BCUT2D eigenvalue weighted by atomic mass is 9.75. The molecule has 0 saturated heterocycles. The number of carboxylic acid groups (broad SMARTS) is 1. The Morgan fingerprint density at radius 1 is 1.25 bits per heavy atom. The second-order valence-corrected chi connectivity index (χ2v) is 12.2. The first-order valence-electron chi connectivity index (χ1n) is 11.8. The Morgan fingerprint density at radius 3 is 2.42 bits per heavy atom. The second kappa shape index (κ2) is 9.59. The number of amides is 2. The minimum atomic E-state index is -5.12. The van der Waals surface area contributed by atoms with Crippen LogP contribution in [-0.2, 0) is 41.7 Å². The van der Waals surface area contributed by atoms with E-state index in [-0.39, 0.29) is 24.1 Å². The van der Waals surface area contributed by atoms with E-state index in [1.54, 1.807) is 6.07 Å². The summed E-state index contributed by atoms with van der Waals surface area (Å²) in [5, 5.41) is 22.0. The first-order chi connectivity index (χ1) is 18.5. The number of hydrogen-bond donors (Lipinski definition) is 3. The number of halogens is 3. The fourth-order valence-corrected chi connectivity index (χ4v) is 7.80. The Balaban J connectivity index is 1.76. The summed E-state index contributed by atoms with van der Waals surface area (Å²) in [4.78, 5) is 34.6. The quantitative estimate of drug-likeness (QED) is 0.385. The van der Waals surface area contributed by atoms with Crippen molar-refractivity contribution in [2.75, 3.05) is 7.11 Å². The highest BCUT2D eigenvalue weighted by Crippen LogP contribution is 2.66. The molecule has 1 heterocycles. The first-order valence-corrected chi connectivity index (χ1v) is 13.3. The van der Waals surface area contributed by atoms with E-state index in [0.717, 1.165) is 23.9 Å². The van der Waals surface area contributed by atoms with Gasteiger partial charge < -0.3 is 21.3 Å². The van der Waals surface area contributed by atoms with Crippen LogP contribution in [0.5, 0.6) is 0 Å². The summed E-state index contributed by atoms with van der Waals surface area (Å²) >= 11 is 0. The molecule has 0 radical (unpaired) electrons. The van der Waals surface area contributed by atoms with Crippen LogP contribution in [-0.4, -0.2) is 59.6 Å². The highest BCUT2D eigenvalue weighted by Gasteiger charge is 2.75. The predicted molar refractivity (Wildman–Crippen MR) is 128 cm³/mol. The van der Waals surface area contributed by atoms with E-state index >= 15 is 0 Å². The van der Waals surface area contributed by atoms with Crippen molar-refractivity contribution in [1.82, 2.24) is 9.78 Å². The van der Waals surface area contributed by atoms with Gasteiger partial charge in [-0.25, -0.2) is 8.42 Å². The molecule has 214 valence electrons. The fourth-order valence-electron chi connectivity index (χ4n) is 5.78. The number of alkyl halides is 3. The van der Waals surface area contributed by atoms with Crippen LogP contribution in [0.4, 0.5) is 13.2 Å². The molecule has 0 spiro atoms. The van der Waals surface area contributed by atoms with E-state index in [2.05, 4.69) is 5.10 Å². The van der Waals surface area contributed by atoms with Gasteiger partial charge in [-0.2, -0.15) is 23.5 Å². The van der Waals surface area contributed by atoms with Crippen molar-refractivity contribution in [1.29, 1.82) is 5.26 Å². The number of benzene rings is 1. The number of ether oxygens (including phenoxy) is 1. The van der Waals surface area contributed by atoms with Crippen molar-refractivity contribution in [3.8, 4) is 17.2 Å². The zero-order chi connectivity index (χ0) is 29.8. The number of nitrogens with two attached hydrogens (primary N) is 2. The van der Waals surface area contributed by atoms with Gasteiger partial charge in [-0.3, -0.25) is 19.1 Å². The number of nitriles is 1. The number of nitrogens with zero attached hydrogens (tertiary/aromatic N) is 3. The van der Waals surface area contributed by atoms with Gasteiger partial charge in [0.1, 0.15) is 17.4 Å². The Bertz CT molecular complexity index is 1550. The summed E-state index contributed by atoms with van der Waals surface area (Å²) in [5.74, 6) is -4.54. The van der Waals surface area contributed by atoms with Crippen molar-refractivity contribution in [3.05, 3.63) is 36.2 Å². The zero-order valence-corrected chi connectivity index (χ0v) is 21.7. The molecule has 5 atom stereocenters. The number of carbonyl (C=O) groups is 3. The molecule has 2 aliphatic carbocycles. The van der Waals surface area contributed by atoms with E-state index in [1.807, 2.05) is 0 Å². The fraction of sp³-hybridized carbons (Fsp3) is 0.458. The number of sulfone groups is 1.